The molecule has 0 fully saturated rings. The summed E-state index contributed by atoms with van der Waals surface area (Å²) in [7, 11) is 0. The number of hydrogen-bond donors (Lipinski definition) is 0. The lowest BCUT2D eigenvalue weighted by atomic mass is 10.3. The van der Waals surface area contributed by atoms with E-state index in [1.807, 2.05) is 6.92 Å². The van der Waals surface area contributed by atoms with Gasteiger partial charge in [-0.3, -0.25) is 4.79 Å². The quantitative estimate of drug-likeness (QED) is 0.596. The van der Waals surface area contributed by atoms with Crippen LogP contribution < -0.4 is 0 Å². The number of ketones is 1. The van der Waals surface area contributed by atoms with Crippen molar-refractivity contribution in [3.63, 3.8) is 0 Å². The van der Waals surface area contributed by atoms with Gasteiger partial charge in [-0.05, 0) is 6.07 Å². The van der Waals surface area contributed by atoms with Crippen LogP contribution >= 0.6 is 0 Å². The monoisotopic (exact) mass is 150 g/mol. The van der Waals surface area contributed by atoms with Gasteiger partial charge < -0.3 is 0 Å². The third kappa shape index (κ3) is 1.83. The summed E-state index contributed by atoms with van der Waals surface area (Å²) >= 11 is 0. The first-order valence-electron chi connectivity index (χ1n) is 3.57. The highest BCUT2D eigenvalue weighted by molar-refractivity contribution is 5.91. The molecule has 0 saturated carbocycles. The summed E-state index contributed by atoms with van der Waals surface area (Å²) in [5.74, 6) is 0.708. The lowest BCUT2D eigenvalue weighted by Crippen LogP contribution is -2.01. The van der Waals surface area contributed by atoms with E-state index in [0.717, 1.165) is 12.2 Å². The van der Waals surface area contributed by atoms with Crippen LogP contribution in [-0.2, 0) is 6.42 Å². The van der Waals surface area contributed by atoms with Gasteiger partial charge in [-0.15, -0.1) is 0 Å². The number of aryl methyl sites for hydroxylation is 1. The van der Waals surface area contributed by atoms with Gasteiger partial charge in [-0.2, -0.15) is 0 Å². The van der Waals surface area contributed by atoms with Gasteiger partial charge in [-0.1, -0.05) is 6.92 Å². The van der Waals surface area contributed by atoms with Gasteiger partial charge in [0.05, 0.1) is 0 Å². The maximum absolute atomic E-state index is 10.8. The molecule has 3 heteroatoms. The van der Waals surface area contributed by atoms with Crippen LogP contribution in [0.5, 0.6) is 0 Å². The Morgan fingerprint density at radius 2 is 2.36 bits per heavy atom. The van der Waals surface area contributed by atoms with Crippen molar-refractivity contribution in [2.75, 3.05) is 0 Å². The average molecular weight is 150 g/mol. The van der Waals surface area contributed by atoms with Crippen molar-refractivity contribution in [3.05, 3.63) is 23.8 Å². The van der Waals surface area contributed by atoms with Gasteiger partial charge in [-0.25, -0.2) is 9.97 Å². The van der Waals surface area contributed by atoms with Crippen molar-refractivity contribution in [2.24, 2.45) is 0 Å². The zero-order valence-electron chi connectivity index (χ0n) is 6.66. The number of carbonyl (C=O) groups excluding carboxylic acids is 1. The van der Waals surface area contributed by atoms with E-state index in [0.29, 0.717) is 5.69 Å². The molecule has 58 valence electrons. The summed E-state index contributed by atoms with van der Waals surface area (Å²) in [6.45, 7) is 3.46. The van der Waals surface area contributed by atoms with Crippen molar-refractivity contribution in [2.45, 2.75) is 20.3 Å². The second-order valence-electron chi connectivity index (χ2n) is 2.27. The minimum atomic E-state index is -0.0119. The zero-order chi connectivity index (χ0) is 8.27. The maximum atomic E-state index is 10.8. The summed E-state index contributed by atoms with van der Waals surface area (Å²) < 4.78 is 0. The molecule has 1 heterocycles. The first-order chi connectivity index (χ1) is 5.24. The molecule has 11 heavy (non-hydrogen) atoms. The predicted octanol–water partition coefficient (Wildman–Crippen LogP) is 1.24. The Labute approximate surface area is 65.5 Å². The SMILES string of the molecule is CCc1nccc(C(C)=O)n1. The Morgan fingerprint density at radius 3 is 2.91 bits per heavy atom. The summed E-state index contributed by atoms with van der Waals surface area (Å²) in [6.07, 6.45) is 2.38. The molecule has 0 spiro atoms. The van der Waals surface area contributed by atoms with E-state index in [4.69, 9.17) is 0 Å². The Balaban J connectivity index is 3.01. The molecule has 0 radical (unpaired) electrons. The molecule has 0 saturated heterocycles. The smallest absolute Gasteiger partial charge is 0.178 e. The average Bonchev–Trinajstić information content (AvgIpc) is 2.05. The maximum Gasteiger partial charge on any atom is 0.178 e. The fraction of sp³-hybridized carbons (Fsp3) is 0.375. The minimum absolute atomic E-state index is 0.0119. The molecule has 0 aromatic carbocycles. The van der Waals surface area contributed by atoms with Gasteiger partial charge in [0.15, 0.2) is 5.78 Å². The molecule has 0 N–H and O–H groups in total. The summed E-state index contributed by atoms with van der Waals surface area (Å²) in [5, 5.41) is 0. The number of rotatable bonds is 2. The van der Waals surface area contributed by atoms with Crippen LogP contribution in [-0.4, -0.2) is 15.8 Å². The third-order valence-electron chi connectivity index (χ3n) is 1.38. The largest absolute Gasteiger partial charge is 0.293 e. The molecule has 0 aliphatic heterocycles. The standard InChI is InChI=1S/C8H10N2O/c1-3-8-9-5-4-7(10-8)6(2)11/h4-5H,3H2,1-2H3. The molecule has 0 atom stereocenters. The second kappa shape index (κ2) is 3.23. The van der Waals surface area contributed by atoms with E-state index in [9.17, 15) is 4.79 Å². The van der Waals surface area contributed by atoms with E-state index < -0.39 is 0 Å². The fourth-order valence-corrected chi connectivity index (χ4v) is 0.766. The van der Waals surface area contributed by atoms with E-state index in [-0.39, 0.29) is 5.78 Å². The Morgan fingerprint density at radius 1 is 1.64 bits per heavy atom. The highest BCUT2D eigenvalue weighted by Gasteiger charge is 2.00. The van der Waals surface area contributed by atoms with E-state index in [1.165, 1.54) is 6.92 Å². The van der Waals surface area contributed by atoms with E-state index in [2.05, 4.69) is 9.97 Å². The lowest BCUT2D eigenvalue weighted by Gasteiger charge is -1.96. The number of aromatic nitrogens is 2. The summed E-state index contributed by atoms with van der Waals surface area (Å²) in [5.41, 5.74) is 0.497. The second-order valence-corrected chi connectivity index (χ2v) is 2.27. The highest BCUT2D eigenvalue weighted by atomic mass is 16.1. The molecule has 0 amide bonds. The first-order valence-corrected chi connectivity index (χ1v) is 3.57. The van der Waals surface area contributed by atoms with Gasteiger partial charge in [0.25, 0.3) is 0 Å². The molecule has 1 rings (SSSR count). The molecule has 3 nitrogen and oxygen atoms in total. The molecule has 0 unspecified atom stereocenters. The molecular formula is C8H10N2O. The van der Waals surface area contributed by atoms with Crippen LogP contribution in [0.4, 0.5) is 0 Å². The van der Waals surface area contributed by atoms with Gasteiger partial charge >= 0.3 is 0 Å². The molecule has 0 aliphatic rings. The van der Waals surface area contributed by atoms with Crippen LogP contribution in [0.25, 0.3) is 0 Å². The van der Waals surface area contributed by atoms with Crippen molar-refractivity contribution in [1.82, 2.24) is 9.97 Å². The Bertz CT molecular complexity index is 271. The minimum Gasteiger partial charge on any atom is -0.293 e. The predicted molar refractivity (Wildman–Crippen MR) is 41.4 cm³/mol. The van der Waals surface area contributed by atoms with Crippen LogP contribution in [0.3, 0.4) is 0 Å². The third-order valence-corrected chi connectivity index (χ3v) is 1.38. The molecule has 0 bridgehead atoms. The van der Waals surface area contributed by atoms with Crippen molar-refractivity contribution in [3.8, 4) is 0 Å². The topological polar surface area (TPSA) is 42.9 Å². The van der Waals surface area contributed by atoms with Crippen LogP contribution in [0, 0.1) is 0 Å². The number of hydrogen-bond acceptors (Lipinski definition) is 3. The number of nitrogens with zero attached hydrogens (tertiary/aromatic N) is 2. The first kappa shape index (κ1) is 7.85. The van der Waals surface area contributed by atoms with E-state index in [1.54, 1.807) is 12.3 Å². The molecular weight excluding hydrogens is 140 g/mol. The number of carbonyl (C=O) groups is 1. The van der Waals surface area contributed by atoms with E-state index >= 15 is 0 Å². The van der Waals surface area contributed by atoms with Crippen LogP contribution in [0.2, 0.25) is 0 Å². The van der Waals surface area contributed by atoms with Gasteiger partial charge in [0.2, 0.25) is 0 Å². The summed E-state index contributed by atoms with van der Waals surface area (Å²) in [4.78, 5) is 18.8. The number of Topliss-reactive ketones (excluding diaryl/α,β-unsaturated/α-hetero) is 1. The normalized spacial score (nSPS) is 9.64. The Hall–Kier alpha value is -1.25. The molecule has 1 aromatic heterocycles. The van der Waals surface area contributed by atoms with Gasteiger partial charge in [0, 0.05) is 19.5 Å². The zero-order valence-corrected chi connectivity index (χ0v) is 6.66. The lowest BCUT2D eigenvalue weighted by molar-refractivity contribution is 0.101. The van der Waals surface area contributed by atoms with Crippen molar-refractivity contribution >= 4 is 5.78 Å². The van der Waals surface area contributed by atoms with Gasteiger partial charge in [0.1, 0.15) is 11.5 Å². The Kier molecular flexibility index (Phi) is 2.31. The molecule has 1 aromatic rings. The van der Waals surface area contributed by atoms with Crippen LogP contribution in [0.1, 0.15) is 30.2 Å². The highest BCUT2D eigenvalue weighted by Crippen LogP contribution is 1.96. The van der Waals surface area contributed by atoms with Crippen LogP contribution in [0.15, 0.2) is 12.3 Å². The van der Waals surface area contributed by atoms with Crippen molar-refractivity contribution < 1.29 is 4.79 Å². The summed E-state index contributed by atoms with van der Waals surface area (Å²) in [6, 6.07) is 1.63. The van der Waals surface area contributed by atoms with Crippen molar-refractivity contribution in [1.29, 1.82) is 0 Å². The fourth-order valence-electron chi connectivity index (χ4n) is 0.766. The molecule has 0 aliphatic carbocycles.